The highest BCUT2D eigenvalue weighted by Crippen LogP contribution is 2.29. The van der Waals surface area contributed by atoms with Crippen LogP contribution in [0.4, 0.5) is 15.9 Å². The average molecular weight is 293 g/mol. The summed E-state index contributed by atoms with van der Waals surface area (Å²) in [4.78, 5) is 6.43. The highest BCUT2D eigenvalue weighted by molar-refractivity contribution is 5.93. The molecule has 108 valence electrons. The number of anilines is 2. The first-order chi connectivity index (χ1) is 10.8. The summed E-state index contributed by atoms with van der Waals surface area (Å²) in [5, 5.41) is 8.12. The summed E-state index contributed by atoms with van der Waals surface area (Å²) in [6.45, 7) is 0. The van der Waals surface area contributed by atoms with E-state index in [0.29, 0.717) is 11.3 Å². The first-order valence-electron chi connectivity index (χ1n) is 6.84. The van der Waals surface area contributed by atoms with E-state index in [1.807, 2.05) is 66.5 Å². The molecule has 0 amide bonds. The second-order valence-corrected chi connectivity index (χ2v) is 4.95. The van der Waals surface area contributed by atoms with E-state index in [9.17, 15) is 4.39 Å². The minimum absolute atomic E-state index is 0.244. The van der Waals surface area contributed by atoms with E-state index in [1.54, 1.807) is 0 Å². The molecule has 0 saturated carbocycles. The van der Waals surface area contributed by atoms with E-state index >= 15 is 0 Å². The van der Waals surface area contributed by atoms with E-state index in [1.165, 1.54) is 4.40 Å². The lowest BCUT2D eigenvalue weighted by Crippen LogP contribution is -2.13. The summed E-state index contributed by atoms with van der Waals surface area (Å²) < 4.78 is 15.2. The summed E-state index contributed by atoms with van der Waals surface area (Å²) in [6.07, 6.45) is -0.660. The molecular weight excluding hydrogens is 281 g/mol. The van der Waals surface area contributed by atoms with Gasteiger partial charge in [-0.2, -0.15) is 9.37 Å². The Morgan fingerprint density at radius 2 is 1.68 bits per heavy atom. The zero-order valence-electron chi connectivity index (χ0n) is 11.8. The monoisotopic (exact) mass is 293 g/mol. The molecule has 0 fully saturated rings. The van der Waals surface area contributed by atoms with Crippen molar-refractivity contribution >= 4 is 28.2 Å². The molecule has 0 radical (unpaired) electrons. The third-order valence-corrected chi connectivity index (χ3v) is 3.66. The number of halogens is 1. The van der Waals surface area contributed by atoms with Gasteiger partial charge >= 0.3 is 6.08 Å². The zero-order chi connectivity index (χ0) is 15.1. The fourth-order valence-electron chi connectivity index (χ4n) is 2.58. The molecule has 0 aliphatic heterocycles. The molecule has 2 aromatic carbocycles. The molecule has 5 nitrogen and oxygen atoms in total. The van der Waals surface area contributed by atoms with Gasteiger partial charge in [-0.3, -0.25) is 0 Å². The number of hydrogen-bond donors (Lipinski definition) is 0. The Hall–Kier alpha value is -3.02. The molecule has 0 unspecified atom stereocenters. The summed E-state index contributed by atoms with van der Waals surface area (Å²) in [6, 6.07) is 17.4. The normalized spacial score (nSPS) is 11.2. The number of nitrogens with zero attached hydrogens (tertiary/aromatic N) is 5. The Balaban J connectivity index is 2.04. The van der Waals surface area contributed by atoms with Crippen molar-refractivity contribution in [3.8, 4) is 0 Å². The van der Waals surface area contributed by atoms with Gasteiger partial charge < -0.3 is 4.90 Å². The first-order valence-corrected chi connectivity index (χ1v) is 6.84. The minimum Gasteiger partial charge on any atom is -0.329 e. The molecular formula is C16H12FN5. The van der Waals surface area contributed by atoms with Gasteiger partial charge in [-0.1, -0.05) is 35.4 Å². The summed E-state index contributed by atoms with van der Waals surface area (Å²) >= 11 is 0. The number of hydrogen-bond acceptors (Lipinski definition) is 4. The third-order valence-electron chi connectivity index (χ3n) is 3.66. The fraction of sp³-hybridized carbons (Fsp3) is 0.0625. The van der Waals surface area contributed by atoms with Crippen molar-refractivity contribution in [3.05, 3.63) is 60.7 Å². The minimum atomic E-state index is -0.660. The summed E-state index contributed by atoms with van der Waals surface area (Å²) in [5.41, 5.74) is 1.68. The first kappa shape index (κ1) is 12.7. The van der Waals surface area contributed by atoms with E-state index in [4.69, 9.17) is 0 Å². The van der Waals surface area contributed by atoms with Crippen molar-refractivity contribution in [1.29, 1.82) is 0 Å². The number of rotatable bonds is 2. The van der Waals surface area contributed by atoms with E-state index in [0.717, 1.165) is 11.1 Å². The van der Waals surface area contributed by atoms with E-state index in [2.05, 4.69) is 15.2 Å². The van der Waals surface area contributed by atoms with Gasteiger partial charge in [0.25, 0.3) is 5.78 Å². The molecule has 2 aromatic heterocycles. The molecule has 0 atom stereocenters. The molecule has 6 heteroatoms. The van der Waals surface area contributed by atoms with Gasteiger partial charge in [0.1, 0.15) is 5.82 Å². The summed E-state index contributed by atoms with van der Waals surface area (Å²) in [5.74, 6) is 0.954. The fourth-order valence-corrected chi connectivity index (χ4v) is 2.58. The van der Waals surface area contributed by atoms with Crippen molar-refractivity contribution in [1.82, 2.24) is 19.6 Å². The van der Waals surface area contributed by atoms with Gasteiger partial charge in [0.2, 0.25) is 0 Å². The number of para-hydroxylation sites is 2. The standard InChI is InChI=1S/C16H12FN5/c1-21(11-7-3-2-4-8-11)14-12-9-5-6-10-13(12)22-15(17)19-20-16(22)18-14/h2-10H,1H3. The van der Waals surface area contributed by atoms with Gasteiger partial charge in [-0.25, -0.2) is 4.40 Å². The molecule has 0 bridgehead atoms. The second-order valence-electron chi connectivity index (χ2n) is 4.95. The maximum atomic E-state index is 13.9. The SMILES string of the molecule is CN(c1ccccc1)c1nc2nnc(F)n2c2ccccc12. The number of aromatic nitrogens is 4. The zero-order valence-corrected chi connectivity index (χ0v) is 11.8. The quantitative estimate of drug-likeness (QED) is 0.569. The predicted molar refractivity (Wildman–Crippen MR) is 82.8 cm³/mol. The van der Waals surface area contributed by atoms with Crippen LogP contribution in [0.1, 0.15) is 0 Å². The third kappa shape index (κ3) is 1.81. The van der Waals surface area contributed by atoms with Crippen molar-refractivity contribution in [2.45, 2.75) is 0 Å². The van der Waals surface area contributed by atoms with Gasteiger partial charge in [-0.15, -0.1) is 5.10 Å². The van der Waals surface area contributed by atoms with Crippen molar-refractivity contribution < 1.29 is 4.39 Å². The molecule has 0 saturated heterocycles. The molecule has 2 heterocycles. The summed E-state index contributed by atoms with van der Waals surface area (Å²) in [7, 11) is 1.92. The maximum absolute atomic E-state index is 13.9. The molecule has 0 aliphatic carbocycles. The molecule has 4 rings (SSSR count). The van der Waals surface area contributed by atoms with Gasteiger partial charge in [0, 0.05) is 18.1 Å². The molecule has 22 heavy (non-hydrogen) atoms. The molecule has 4 aromatic rings. The van der Waals surface area contributed by atoms with E-state index in [-0.39, 0.29) is 5.78 Å². The highest BCUT2D eigenvalue weighted by atomic mass is 19.1. The lowest BCUT2D eigenvalue weighted by Gasteiger charge is -2.20. The smallest absolute Gasteiger partial charge is 0.315 e. The van der Waals surface area contributed by atoms with Crippen LogP contribution in [-0.4, -0.2) is 26.6 Å². The van der Waals surface area contributed by atoms with Crippen LogP contribution in [0.15, 0.2) is 54.6 Å². The lowest BCUT2D eigenvalue weighted by atomic mass is 10.2. The molecule has 0 N–H and O–H groups in total. The highest BCUT2D eigenvalue weighted by Gasteiger charge is 2.16. The van der Waals surface area contributed by atoms with Crippen molar-refractivity contribution in [3.63, 3.8) is 0 Å². The predicted octanol–water partition coefficient (Wildman–Crippen LogP) is 3.18. The number of fused-ring (bicyclic) bond motifs is 3. The largest absolute Gasteiger partial charge is 0.329 e. The Morgan fingerprint density at radius 1 is 0.955 bits per heavy atom. The molecule has 0 aliphatic rings. The average Bonchev–Trinajstić information content (AvgIpc) is 2.95. The van der Waals surface area contributed by atoms with Crippen LogP contribution >= 0.6 is 0 Å². The molecule has 0 spiro atoms. The maximum Gasteiger partial charge on any atom is 0.315 e. The Morgan fingerprint density at radius 3 is 2.50 bits per heavy atom. The van der Waals surface area contributed by atoms with Gasteiger partial charge in [-0.05, 0) is 24.3 Å². The topological polar surface area (TPSA) is 46.3 Å². The number of benzene rings is 2. The van der Waals surface area contributed by atoms with Crippen LogP contribution in [0.3, 0.4) is 0 Å². The van der Waals surface area contributed by atoms with Crippen LogP contribution in [0, 0.1) is 6.08 Å². The van der Waals surface area contributed by atoms with Crippen LogP contribution in [0.2, 0.25) is 0 Å². The van der Waals surface area contributed by atoms with Gasteiger partial charge in [0.05, 0.1) is 5.52 Å². The van der Waals surface area contributed by atoms with E-state index < -0.39 is 6.08 Å². The van der Waals surface area contributed by atoms with Crippen molar-refractivity contribution in [2.75, 3.05) is 11.9 Å². The van der Waals surface area contributed by atoms with Gasteiger partial charge in [0.15, 0.2) is 0 Å². The van der Waals surface area contributed by atoms with Crippen molar-refractivity contribution in [2.24, 2.45) is 0 Å². The Bertz CT molecular complexity index is 964. The van der Waals surface area contributed by atoms with Crippen LogP contribution < -0.4 is 4.90 Å². The van der Waals surface area contributed by atoms with Crippen LogP contribution in [0.25, 0.3) is 16.7 Å². The Kier molecular flexibility index (Phi) is 2.75. The second kappa shape index (κ2) is 4.77. The van der Waals surface area contributed by atoms with Crippen LogP contribution in [-0.2, 0) is 0 Å². The van der Waals surface area contributed by atoms with Crippen LogP contribution in [0.5, 0.6) is 0 Å². The lowest BCUT2D eigenvalue weighted by molar-refractivity contribution is 0.532. The Labute approximate surface area is 125 Å².